The summed E-state index contributed by atoms with van der Waals surface area (Å²) in [5, 5.41) is 2.86. The number of sulfonamides is 1. The van der Waals surface area contributed by atoms with Crippen molar-refractivity contribution in [2.75, 3.05) is 22.8 Å². The SMILES string of the molecule is CCS(=O)(=O)Nc1ccc(C(=O)NCCSc2ccc(C)cc2)cc1. The summed E-state index contributed by atoms with van der Waals surface area (Å²) in [7, 11) is -3.31. The quantitative estimate of drug-likeness (QED) is 0.546. The van der Waals surface area contributed by atoms with E-state index in [1.165, 1.54) is 10.5 Å². The number of aryl methyl sites for hydroxylation is 1. The second-order valence-electron chi connectivity index (χ2n) is 5.50. The zero-order valence-electron chi connectivity index (χ0n) is 14.3. The number of anilines is 1. The summed E-state index contributed by atoms with van der Waals surface area (Å²) < 4.78 is 25.5. The van der Waals surface area contributed by atoms with E-state index in [0.717, 1.165) is 5.75 Å². The predicted molar refractivity (Wildman–Crippen MR) is 104 cm³/mol. The molecule has 0 atom stereocenters. The van der Waals surface area contributed by atoms with Gasteiger partial charge in [-0.1, -0.05) is 17.7 Å². The van der Waals surface area contributed by atoms with Crippen LogP contribution in [0.5, 0.6) is 0 Å². The van der Waals surface area contributed by atoms with Crippen LogP contribution in [0, 0.1) is 6.92 Å². The van der Waals surface area contributed by atoms with Crippen molar-refractivity contribution in [1.82, 2.24) is 5.32 Å². The van der Waals surface area contributed by atoms with Gasteiger partial charge in [0.15, 0.2) is 0 Å². The van der Waals surface area contributed by atoms with Gasteiger partial charge in [-0.15, -0.1) is 11.8 Å². The first-order valence-corrected chi connectivity index (χ1v) is 10.6. The zero-order valence-corrected chi connectivity index (χ0v) is 15.9. The largest absolute Gasteiger partial charge is 0.351 e. The number of benzene rings is 2. The lowest BCUT2D eigenvalue weighted by Gasteiger charge is -2.08. The van der Waals surface area contributed by atoms with Crippen LogP contribution in [0.15, 0.2) is 53.4 Å². The molecule has 134 valence electrons. The molecule has 0 heterocycles. The van der Waals surface area contributed by atoms with E-state index >= 15 is 0 Å². The van der Waals surface area contributed by atoms with Gasteiger partial charge in [-0.2, -0.15) is 0 Å². The highest BCUT2D eigenvalue weighted by molar-refractivity contribution is 7.99. The van der Waals surface area contributed by atoms with Crippen LogP contribution in [0.25, 0.3) is 0 Å². The second kappa shape index (κ2) is 8.92. The van der Waals surface area contributed by atoms with E-state index in [1.807, 2.05) is 6.92 Å². The van der Waals surface area contributed by atoms with Crippen LogP contribution in [0.2, 0.25) is 0 Å². The number of nitrogens with one attached hydrogen (secondary N) is 2. The summed E-state index contributed by atoms with van der Waals surface area (Å²) in [5.41, 5.74) is 2.18. The first-order chi connectivity index (χ1) is 11.9. The molecule has 0 aliphatic heterocycles. The van der Waals surface area contributed by atoms with E-state index in [0.29, 0.717) is 17.8 Å². The Hall–Kier alpha value is -1.99. The Bertz CT molecular complexity index is 801. The van der Waals surface area contributed by atoms with Crippen LogP contribution < -0.4 is 10.0 Å². The average molecular weight is 379 g/mol. The lowest BCUT2D eigenvalue weighted by Crippen LogP contribution is -2.25. The summed E-state index contributed by atoms with van der Waals surface area (Å²) in [6.07, 6.45) is 0. The van der Waals surface area contributed by atoms with Gasteiger partial charge in [-0.3, -0.25) is 9.52 Å². The molecule has 2 rings (SSSR count). The van der Waals surface area contributed by atoms with Crippen molar-refractivity contribution in [1.29, 1.82) is 0 Å². The maximum Gasteiger partial charge on any atom is 0.251 e. The van der Waals surface area contributed by atoms with Crippen molar-refractivity contribution in [3.63, 3.8) is 0 Å². The Morgan fingerprint density at radius 3 is 2.28 bits per heavy atom. The highest BCUT2D eigenvalue weighted by Gasteiger charge is 2.08. The molecular formula is C18H22N2O3S2. The molecule has 0 radical (unpaired) electrons. The molecule has 0 bridgehead atoms. The molecule has 2 N–H and O–H groups in total. The molecule has 0 aliphatic rings. The van der Waals surface area contributed by atoms with Gasteiger partial charge in [0.1, 0.15) is 0 Å². The van der Waals surface area contributed by atoms with Crippen LogP contribution >= 0.6 is 11.8 Å². The molecule has 0 aromatic heterocycles. The highest BCUT2D eigenvalue weighted by atomic mass is 32.2. The van der Waals surface area contributed by atoms with E-state index in [4.69, 9.17) is 0 Å². The second-order valence-corrected chi connectivity index (χ2v) is 8.68. The monoisotopic (exact) mass is 378 g/mol. The molecule has 0 aliphatic carbocycles. The number of carbonyl (C=O) groups is 1. The maximum atomic E-state index is 12.1. The summed E-state index contributed by atoms with van der Waals surface area (Å²) in [5.74, 6) is 0.617. The summed E-state index contributed by atoms with van der Waals surface area (Å²) in [6.45, 7) is 4.17. The first kappa shape index (κ1) is 19.3. The summed E-state index contributed by atoms with van der Waals surface area (Å²) >= 11 is 1.69. The third-order valence-corrected chi connectivity index (χ3v) is 5.80. The van der Waals surface area contributed by atoms with Crippen molar-refractivity contribution in [3.05, 3.63) is 59.7 Å². The van der Waals surface area contributed by atoms with E-state index < -0.39 is 10.0 Å². The normalized spacial score (nSPS) is 11.1. The summed E-state index contributed by atoms with van der Waals surface area (Å²) in [6, 6.07) is 14.7. The molecule has 5 nitrogen and oxygen atoms in total. The molecular weight excluding hydrogens is 356 g/mol. The van der Waals surface area contributed by atoms with Crippen molar-refractivity contribution < 1.29 is 13.2 Å². The molecule has 2 aromatic rings. The summed E-state index contributed by atoms with van der Waals surface area (Å²) in [4.78, 5) is 13.3. The van der Waals surface area contributed by atoms with Gasteiger partial charge in [0.2, 0.25) is 10.0 Å². The smallest absolute Gasteiger partial charge is 0.251 e. The average Bonchev–Trinajstić information content (AvgIpc) is 2.60. The zero-order chi connectivity index (χ0) is 18.3. The number of amides is 1. The molecule has 25 heavy (non-hydrogen) atoms. The number of hydrogen-bond donors (Lipinski definition) is 2. The number of carbonyl (C=O) groups excluding carboxylic acids is 1. The Kier molecular flexibility index (Phi) is 6.90. The number of rotatable bonds is 8. The molecule has 0 saturated heterocycles. The fraction of sp³-hybridized carbons (Fsp3) is 0.278. The third-order valence-electron chi connectivity index (χ3n) is 3.48. The fourth-order valence-electron chi connectivity index (χ4n) is 2.01. The molecule has 0 spiro atoms. The minimum absolute atomic E-state index is 0.00782. The van der Waals surface area contributed by atoms with Gasteiger partial charge in [0, 0.05) is 28.4 Å². The molecule has 0 fully saturated rings. The predicted octanol–water partition coefficient (Wildman–Crippen LogP) is 3.28. The Balaban J connectivity index is 1.79. The van der Waals surface area contributed by atoms with Crippen molar-refractivity contribution >= 4 is 33.4 Å². The van der Waals surface area contributed by atoms with Crippen LogP contribution in [0.3, 0.4) is 0 Å². The molecule has 1 amide bonds. The van der Waals surface area contributed by atoms with E-state index in [1.54, 1.807) is 43.0 Å². The lowest BCUT2D eigenvalue weighted by atomic mass is 10.2. The lowest BCUT2D eigenvalue weighted by molar-refractivity contribution is 0.0956. The van der Waals surface area contributed by atoms with Gasteiger partial charge in [-0.05, 0) is 50.2 Å². The molecule has 0 saturated carbocycles. The highest BCUT2D eigenvalue weighted by Crippen LogP contribution is 2.17. The van der Waals surface area contributed by atoms with Crippen molar-refractivity contribution in [2.45, 2.75) is 18.7 Å². The topological polar surface area (TPSA) is 75.3 Å². The van der Waals surface area contributed by atoms with Crippen LogP contribution in [-0.4, -0.2) is 32.4 Å². The van der Waals surface area contributed by atoms with E-state index in [-0.39, 0.29) is 11.7 Å². The van der Waals surface area contributed by atoms with Crippen LogP contribution in [-0.2, 0) is 10.0 Å². The molecule has 2 aromatic carbocycles. The van der Waals surface area contributed by atoms with Gasteiger partial charge in [0.25, 0.3) is 5.91 Å². The standard InChI is InChI=1S/C18H22N2O3S2/c1-3-25(22,23)20-16-8-6-15(7-9-16)18(21)19-12-13-24-17-10-4-14(2)5-11-17/h4-11,20H,3,12-13H2,1-2H3,(H,19,21). The Morgan fingerprint density at radius 2 is 1.68 bits per heavy atom. The number of thioether (sulfide) groups is 1. The third kappa shape index (κ3) is 6.43. The van der Waals surface area contributed by atoms with E-state index in [2.05, 4.69) is 34.3 Å². The van der Waals surface area contributed by atoms with E-state index in [9.17, 15) is 13.2 Å². The Morgan fingerprint density at radius 1 is 1.04 bits per heavy atom. The minimum atomic E-state index is -3.31. The van der Waals surface area contributed by atoms with Crippen molar-refractivity contribution in [3.8, 4) is 0 Å². The Labute approximate surface area is 153 Å². The van der Waals surface area contributed by atoms with Gasteiger partial charge in [0.05, 0.1) is 5.75 Å². The first-order valence-electron chi connectivity index (χ1n) is 7.98. The molecule has 0 unspecified atom stereocenters. The molecule has 7 heteroatoms. The van der Waals surface area contributed by atoms with Gasteiger partial charge < -0.3 is 5.32 Å². The van der Waals surface area contributed by atoms with Crippen molar-refractivity contribution in [2.24, 2.45) is 0 Å². The maximum absolute atomic E-state index is 12.1. The van der Waals surface area contributed by atoms with Gasteiger partial charge >= 0.3 is 0 Å². The van der Waals surface area contributed by atoms with Gasteiger partial charge in [-0.25, -0.2) is 8.42 Å². The minimum Gasteiger partial charge on any atom is -0.351 e. The number of hydrogen-bond acceptors (Lipinski definition) is 4. The fourth-order valence-corrected chi connectivity index (χ4v) is 3.42. The van der Waals surface area contributed by atoms with Crippen LogP contribution in [0.4, 0.5) is 5.69 Å². The van der Waals surface area contributed by atoms with Crippen LogP contribution in [0.1, 0.15) is 22.8 Å².